The van der Waals surface area contributed by atoms with Crippen LogP contribution in [0.4, 0.5) is 0 Å². The van der Waals surface area contributed by atoms with Crippen LogP contribution in [0, 0.1) is 6.92 Å². The molecule has 4 aromatic rings. The summed E-state index contributed by atoms with van der Waals surface area (Å²) in [6.45, 7) is 19.0. The first-order valence-corrected chi connectivity index (χ1v) is 15.4. The van der Waals surface area contributed by atoms with E-state index >= 15 is 0 Å². The molecule has 6 nitrogen and oxygen atoms in total. The predicted octanol–water partition coefficient (Wildman–Crippen LogP) is 9.17. The summed E-state index contributed by atoms with van der Waals surface area (Å²) in [6, 6.07) is 19.8. The normalized spacial score (nSPS) is 11.9. The number of aromatic hydroxyl groups is 1. The van der Waals surface area contributed by atoms with Gasteiger partial charge >= 0.3 is 5.97 Å². The highest BCUT2D eigenvalue weighted by Crippen LogP contribution is 2.46. The maximum absolute atomic E-state index is 11.3. The van der Waals surface area contributed by atoms with Crippen molar-refractivity contribution in [2.75, 3.05) is 13.2 Å². The molecule has 0 amide bonds. The fourth-order valence-electron chi connectivity index (χ4n) is 4.74. The molecule has 2 radical (unpaired) electrons. The molecule has 1 heterocycles. The van der Waals surface area contributed by atoms with Gasteiger partial charge in [-0.05, 0) is 96.8 Å². The Morgan fingerprint density at radius 2 is 1.33 bits per heavy atom. The molecule has 0 aliphatic carbocycles. The highest BCUT2D eigenvalue weighted by molar-refractivity contribution is 7.19. The Morgan fingerprint density at radius 3 is 1.81 bits per heavy atom. The van der Waals surface area contributed by atoms with Gasteiger partial charge in [-0.1, -0.05) is 41.5 Å². The highest BCUT2D eigenvalue weighted by Gasteiger charge is 2.28. The minimum Gasteiger partial charge on any atom is -0.507 e. The molecule has 4 rings (SSSR count). The number of benzene rings is 3. The Kier molecular flexibility index (Phi) is 9.86. The van der Waals surface area contributed by atoms with Gasteiger partial charge in [0.2, 0.25) is 0 Å². The minimum absolute atomic E-state index is 0.0736. The van der Waals surface area contributed by atoms with Crippen molar-refractivity contribution in [2.24, 2.45) is 0 Å². The minimum atomic E-state index is -0.831. The number of phenolic OH excluding ortho intramolecular Hbond substituents is 1. The lowest BCUT2D eigenvalue weighted by atomic mass is 9.78. The van der Waals surface area contributed by atoms with Gasteiger partial charge in [0.15, 0.2) is 0 Å². The summed E-state index contributed by atoms with van der Waals surface area (Å²) in [5.41, 5.74) is 5.01. The van der Waals surface area contributed by atoms with E-state index in [9.17, 15) is 9.90 Å². The van der Waals surface area contributed by atoms with Crippen molar-refractivity contribution in [3.63, 3.8) is 0 Å². The number of thiazole rings is 1. The maximum atomic E-state index is 11.3. The summed E-state index contributed by atoms with van der Waals surface area (Å²) in [7, 11) is 0. The summed E-state index contributed by atoms with van der Waals surface area (Å²) in [5.74, 6) is 0.944. The van der Waals surface area contributed by atoms with Crippen LogP contribution in [0.5, 0.6) is 17.2 Å². The molecule has 0 atom stereocenters. The van der Waals surface area contributed by atoms with Crippen LogP contribution < -0.4 is 9.47 Å². The molecule has 43 heavy (non-hydrogen) atoms. The van der Waals surface area contributed by atoms with Crippen molar-refractivity contribution in [1.82, 2.24) is 4.98 Å². The van der Waals surface area contributed by atoms with Gasteiger partial charge in [0.25, 0.3) is 0 Å². The zero-order chi connectivity index (χ0) is 31.4. The van der Waals surface area contributed by atoms with Crippen LogP contribution in [0.25, 0.3) is 32.3 Å². The average molecular weight is 600 g/mol. The third-order valence-corrected chi connectivity index (χ3v) is 8.19. The molecule has 0 unspecified atom stereocenters. The number of carboxylic acid groups (broad SMARTS) is 1. The molecule has 0 aliphatic heterocycles. The second-order valence-corrected chi connectivity index (χ2v) is 13.6. The van der Waals surface area contributed by atoms with Crippen LogP contribution in [-0.2, 0) is 15.6 Å². The quantitative estimate of drug-likeness (QED) is 0.167. The van der Waals surface area contributed by atoms with Crippen molar-refractivity contribution in [1.29, 1.82) is 0 Å². The van der Waals surface area contributed by atoms with Gasteiger partial charge in [-0.2, -0.15) is 0 Å². The number of nitrogens with zero attached hydrogens (tertiary/aromatic N) is 1. The molecule has 0 spiro atoms. The van der Waals surface area contributed by atoms with Gasteiger partial charge in [-0.3, -0.25) is 4.79 Å². The van der Waals surface area contributed by atoms with E-state index in [1.54, 1.807) is 11.3 Å². The third kappa shape index (κ3) is 7.96. The molecule has 0 saturated carbocycles. The zero-order valence-electron chi connectivity index (χ0n) is 25.9. The second-order valence-electron chi connectivity index (χ2n) is 12.6. The Morgan fingerprint density at radius 1 is 0.814 bits per heavy atom. The van der Waals surface area contributed by atoms with Gasteiger partial charge < -0.3 is 19.7 Å². The Balaban J connectivity index is 1.80. The van der Waals surface area contributed by atoms with Gasteiger partial charge in [-0.25, -0.2) is 4.98 Å². The van der Waals surface area contributed by atoms with Crippen molar-refractivity contribution >= 4 is 17.3 Å². The number of ether oxygens (including phenoxy) is 2. The van der Waals surface area contributed by atoms with E-state index in [0.717, 1.165) is 49.1 Å². The first-order valence-electron chi connectivity index (χ1n) is 14.6. The first kappa shape index (κ1) is 32.1. The van der Waals surface area contributed by atoms with Gasteiger partial charge in [0.1, 0.15) is 22.3 Å². The Labute approximate surface area is 259 Å². The summed E-state index contributed by atoms with van der Waals surface area (Å²) in [5, 5.41) is 21.0. The predicted molar refractivity (Wildman–Crippen MR) is 174 cm³/mol. The van der Waals surface area contributed by atoms with Crippen molar-refractivity contribution in [3.8, 4) is 49.5 Å². The van der Waals surface area contributed by atoms with Crippen LogP contribution in [0.3, 0.4) is 0 Å². The van der Waals surface area contributed by atoms with E-state index in [1.807, 2.05) is 48.5 Å². The second kappa shape index (κ2) is 13.2. The van der Waals surface area contributed by atoms with Crippen molar-refractivity contribution in [2.45, 2.75) is 71.6 Å². The van der Waals surface area contributed by atoms with Gasteiger partial charge in [0.05, 0.1) is 23.8 Å². The Bertz CT molecular complexity index is 1510. The molecule has 226 valence electrons. The van der Waals surface area contributed by atoms with E-state index < -0.39 is 5.97 Å². The molecule has 2 N–H and O–H groups in total. The van der Waals surface area contributed by atoms with Crippen molar-refractivity contribution < 1.29 is 24.5 Å². The van der Waals surface area contributed by atoms with E-state index in [1.165, 1.54) is 0 Å². The first-order chi connectivity index (χ1) is 20.3. The maximum Gasteiger partial charge on any atom is 0.303 e. The number of carboxylic acids is 1. The Hall–Kier alpha value is -3.84. The highest BCUT2D eigenvalue weighted by atomic mass is 32.1. The van der Waals surface area contributed by atoms with E-state index in [0.29, 0.717) is 37.6 Å². The number of carbonyl (C=O) groups is 1. The molecule has 3 aromatic carbocycles. The number of phenols is 1. The fourth-order valence-corrected chi connectivity index (χ4v) is 5.82. The standard InChI is InChI=1S/C36H41NO5S/c1-8-19-41-26-17-13-24(14-18-26)33-31(23-11-15-27(16-12-23)42-20-9-10-30(38)39)37-34(43-33)25-21-28(35(2,3)4)32(40)29(22-25)36(5,6)7/h1,11-18,21-22,40H,8-10,19-20H2,2-7H3,(H,38,39). The SMILES string of the molecule is [CH]CCOc1ccc(-c2sc(-c3cc(C(C)(C)C)c(O)c(C(C)(C)C)c3)nc2-c2ccc(OCCCC(=O)O)cc2)cc1. The molecule has 7 heteroatoms. The largest absolute Gasteiger partial charge is 0.507 e. The monoisotopic (exact) mass is 599 g/mol. The lowest BCUT2D eigenvalue weighted by Crippen LogP contribution is -2.17. The lowest BCUT2D eigenvalue weighted by Gasteiger charge is -2.28. The summed E-state index contributed by atoms with van der Waals surface area (Å²) >= 11 is 1.61. The molecule has 0 aliphatic rings. The van der Waals surface area contributed by atoms with Crippen LogP contribution in [0.15, 0.2) is 60.7 Å². The van der Waals surface area contributed by atoms with Crippen LogP contribution in [-0.4, -0.2) is 34.4 Å². The number of hydrogen-bond donors (Lipinski definition) is 2. The third-order valence-electron chi connectivity index (χ3n) is 7.03. The lowest BCUT2D eigenvalue weighted by molar-refractivity contribution is -0.137. The molecular weight excluding hydrogens is 558 g/mol. The van der Waals surface area contributed by atoms with E-state index in [4.69, 9.17) is 26.5 Å². The number of aliphatic carboxylic acids is 1. The molecule has 1 aromatic heterocycles. The summed E-state index contributed by atoms with van der Waals surface area (Å²) in [4.78, 5) is 17.0. The molecule has 0 bridgehead atoms. The zero-order valence-corrected chi connectivity index (χ0v) is 26.7. The van der Waals surface area contributed by atoms with Gasteiger partial charge in [0, 0.05) is 28.7 Å². The van der Waals surface area contributed by atoms with Crippen LogP contribution >= 0.6 is 11.3 Å². The number of aromatic nitrogens is 1. The smallest absolute Gasteiger partial charge is 0.303 e. The molecule has 0 fully saturated rings. The number of hydrogen-bond acceptors (Lipinski definition) is 6. The van der Waals surface area contributed by atoms with Crippen LogP contribution in [0.1, 0.15) is 71.9 Å². The van der Waals surface area contributed by atoms with Crippen LogP contribution in [0.2, 0.25) is 0 Å². The average Bonchev–Trinajstić information content (AvgIpc) is 3.39. The van der Waals surface area contributed by atoms with E-state index in [2.05, 4.69) is 53.7 Å². The van der Waals surface area contributed by atoms with E-state index in [-0.39, 0.29) is 17.3 Å². The summed E-state index contributed by atoms with van der Waals surface area (Å²) < 4.78 is 11.5. The van der Waals surface area contributed by atoms with Gasteiger partial charge in [-0.15, -0.1) is 11.3 Å². The number of rotatable bonds is 11. The topological polar surface area (TPSA) is 88.9 Å². The molecule has 0 saturated heterocycles. The fraction of sp³-hybridized carbons (Fsp3) is 0.361. The molecular formula is C36H41NO5S. The summed E-state index contributed by atoms with van der Waals surface area (Å²) in [6.07, 6.45) is 0.967. The van der Waals surface area contributed by atoms with Crippen molar-refractivity contribution in [3.05, 3.63) is 78.7 Å².